The fourth-order valence-electron chi connectivity index (χ4n) is 1.53. The lowest BCUT2D eigenvalue weighted by molar-refractivity contribution is -0.385. The highest BCUT2D eigenvalue weighted by Crippen LogP contribution is 2.27. The van der Waals surface area contributed by atoms with Crippen molar-refractivity contribution in [1.82, 2.24) is 14.8 Å². The van der Waals surface area contributed by atoms with Crippen molar-refractivity contribution < 1.29 is 4.92 Å². The molecule has 0 aliphatic heterocycles. The molecule has 0 atom stereocenters. The molecule has 2 aromatic rings. The van der Waals surface area contributed by atoms with Gasteiger partial charge in [-0.15, -0.1) is 0 Å². The van der Waals surface area contributed by atoms with E-state index < -0.39 is 4.92 Å². The van der Waals surface area contributed by atoms with Crippen molar-refractivity contribution in [2.45, 2.75) is 6.92 Å². The third kappa shape index (κ3) is 1.65. The highest BCUT2D eigenvalue weighted by atomic mass is 16.6. The summed E-state index contributed by atoms with van der Waals surface area (Å²) in [7, 11) is 1.75. The van der Waals surface area contributed by atoms with Crippen LogP contribution >= 0.6 is 0 Å². The van der Waals surface area contributed by atoms with Crippen LogP contribution in [-0.2, 0) is 7.05 Å². The van der Waals surface area contributed by atoms with E-state index >= 15 is 0 Å². The molecule has 0 fully saturated rings. The lowest BCUT2D eigenvalue weighted by atomic mass is 10.1. The quantitative estimate of drug-likeness (QED) is 0.568. The van der Waals surface area contributed by atoms with Gasteiger partial charge in [0.15, 0.2) is 5.82 Å². The zero-order valence-corrected chi connectivity index (χ0v) is 8.91. The first kappa shape index (κ1) is 10.3. The molecule has 6 nitrogen and oxygen atoms in total. The van der Waals surface area contributed by atoms with E-state index in [1.165, 1.54) is 6.07 Å². The zero-order chi connectivity index (χ0) is 11.7. The summed E-state index contributed by atoms with van der Waals surface area (Å²) in [6.07, 6.45) is 1.56. The topological polar surface area (TPSA) is 73.8 Å². The monoisotopic (exact) mass is 218 g/mol. The summed E-state index contributed by atoms with van der Waals surface area (Å²) in [6.45, 7) is 1.70. The molecule has 1 heterocycles. The number of aromatic nitrogens is 3. The normalized spacial score (nSPS) is 10.4. The summed E-state index contributed by atoms with van der Waals surface area (Å²) < 4.78 is 1.56. The van der Waals surface area contributed by atoms with Crippen LogP contribution in [-0.4, -0.2) is 19.7 Å². The average molecular weight is 218 g/mol. The van der Waals surface area contributed by atoms with Crippen LogP contribution < -0.4 is 0 Å². The van der Waals surface area contributed by atoms with Gasteiger partial charge >= 0.3 is 0 Å². The molecule has 0 N–H and O–H groups in total. The smallest absolute Gasteiger partial charge is 0.258 e. The number of nitrogens with zero attached hydrogens (tertiary/aromatic N) is 4. The number of aryl methyl sites for hydroxylation is 1. The van der Waals surface area contributed by atoms with Gasteiger partial charge < -0.3 is 0 Å². The van der Waals surface area contributed by atoms with E-state index in [1.807, 2.05) is 0 Å². The average Bonchev–Trinajstić information content (AvgIpc) is 2.64. The van der Waals surface area contributed by atoms with Gasteiger partial charge in [0, 0.05) is 24.2 Å². The van der Waals surface area contributed by atoms with Crippen molar-refractivity contribution in [2.75, 3.05) is 0 Å². The summed E-state index contributed by atoms with van der Waals surface area (Å²) in [6, 6.07) is 4.89. The molecule has 82 valence electrons. The summed E-state index contributed by atoms with van der Waals surface area (Å²) >= 11 is 0. The fourth-order valence-corrected chi connectivity index (χ4v) is 1.53. The molecule has 1 aromatic carbocycles. The van der Waals surface area contributed by atoms with Crippen LogP contribution in [0.25, 0.3) is 11.4 Å². The maximum absolute atomic E-state index is 10.8. The van der Waals surface area contributed by atoms with Crippen molar-refractivity contribution in [1.29, 1.82) is 0 Å². The van der Waals surface area contributed by atoms with E-state index in [0.29, 0.717) is 17.0 Å². The Kier molecular flexibility index (Phi) is 2.40. The summed E-state index contributed by atoms with van der Waals surface area (Å²) in [5.41, 5.74) is 1.36. The molecule has 0 bridgehead atoms. The Labute approximate surface area is 91.7 Å². The number of rotatable bonds is 2. The van der Waals surface area contributed by atoms with Crippen molar-refractivity contribution in [3.05, 3.63) is 40.2 Å². The van der Waals surface area contributed by atoms with Gasteiger partial charge in [-0.25, -0.2) is 4.98 Å². The third-order valence-electron chi connectivity index (χ3n) is 2.34. The molecule has 0 radical (unpaired) electrons. The van der Waals surface area contributed by atoms with Crippen molar-refractivity contribution in [3.63, 3.8) is 0 Å². The number of nitro benzene ring substituents is 1. The first-order valence-electron chi connectivity index (χ1n) is 4.69. The van der Waals surface area contributed by atoms with E-state index in [9.17, 15) is 10.1 Å². The second kappa shape index (κ2) is 3.73. The van der Waals surface area contributed by atoms with Crippen molar-refractivity contribution >= 4 is 5.69 Å². The van der Waals surface area contributed by atoms with Crippen LogP contribution in [0.1, 0.15) is 5.56 Å². The molecule has 16 heavy (non-hydrogen) atoms. The number of nitro groups is 1. The maximum Gasteiger partial charge on any atom is 0.273 e. The molecule has 2 rings (SSSR count). The lowest BCUT2D eigenvalue weighted by Crippen LogP contribution is -1.95. The Morgan fingerprint density at radius 3 is 2.75 bits per heavy atom. The molecular formula is C10H10N4O2. The number of hydrogen-bond donors (Lipinski definition) is 0. The maximum atomic E-state index is 10.8. The van der Waals surface area contributed by atoms with Gasteiger partial charge in [-0.05, 0) is 6.92 Å². The zero-order valence-electron chi connectivity index (χ0n) is 8.91. The molecule has 6 heteroatoms. The minimum Gasteiger partial charge on any atom is -0.258 e. The molecule has 1 aromatic heterocycles. The van der Waals surface area contributed by atoms with E-state index in [0.717, 1.165) is 0 Å². The largest absolute Gasteiger partial charge is 0.273 e. The first-order chi connectivity index (χ1) is 7.59. The summed E-state index contributed by atoms with van der Waals surface area (Å²) in [4.78, 5) is 14.4. The lowest BCUT2D eigenvalue weighted by Gasteiger charge is -2.01. The van der Waals surface area contributed by atoms with Crippen LogP contribution in [0.4, 0.5) is 5.69 Å². The second-order valence-corrected chi connectivity index (χ2v) is 3.45. The second-order valence-electron chi connectivity index (χ2n) is 3.45. The van der Waals surface area contributed by atoms with Crippen LogP contribution in [0.15, 0.2) is 24.5 Å². The SMILES string of the molecule is Cc1c(-c2ncn(C)n2)cccc1[N+](=O)[O-]. The molecule has 0 unspecified atom stereocenters. The van der Waals surface area contributed by atoms with Crippen LogP contribution in [0.3, 0.4) is 0 Å². The highest BCUT2D eigenvalue weighted by molar-refractivity contribution is 5.65. The van der Waals surface area contributed by atoms with E-state index in [4.69, 9.17) is 0 Å². The van der Waals surface area contributed by atoms with Crippen molar-refractivity contribution in [3.8, 4) is 11.4 Å². The Bertz CT molecular complexity index is 548. The van der Waals surface area contributed by atoms with E-state index in [-0.39, 0.29) is 5.69 Å². The Hall–Kier alpha value is -2.24. The van der Waals surface area contributed by atoms with Gasteiger partial charge in [-0.3, -0.25) is 14.8 Å². The molecule has 0 saturated carbocycles. The molecule has 0 saturated heterocycles. The standard InChI is InChI=1S/C10H10N4O2/c1-7-8(10-11-6-13(2)12-10)4-3-5-9(7)14(15)16/h3-6H,1-2H3. The predicted octanol–water partition coefficient (Wildman–Crippen LogP) is 1.70. The highest BCUT2D eigenvalue weighted by Gasteiger charge is 2.16. The minimum atomic E-state index is -0.401. The Balaban J connectivity index is 2.58. The predicted molar refractivity (Wildman–Crippen MR) is 57.8 cm³/mol. The number of benzene rings is 1. The minimum absolute atomic E-state index is 0.0879. The van der Waals surface area contributed by atoms with Gasteiger partial charge in [0.25, 0.3) is 5.69 Å². The van der Waals surface area contributed by atoms with Gasteiger partial charge in [0.2, 0.25) is 0 Å². The Morgan fingerprint density at radius 1 is 1.44 bits per heavy atom. The van der Waals surface area contributed by atoms with Crippen molar-refractivity contribution in [2.24, 2.45) is 7.05 Å². The molecule has 0 amide bonds. The fraction of sp³-hybridized carbons (Fsp3) is 0.200. The van der Waals surface area contributed by atoms with Gasteiger partial charge in [-0.2, -0.15) is 5.10 Å². The van der Waals surface area contributed by atoms with E-state index in [2.05, 4.69) is 10.1 Å². The number of hydrogen-bond acceptors (Lipinski definition) is 4. The van der Waals surface area contributed by atoms with Gasteiger partial charge in [0.1, 0.15) is 6.33 Å². The Morgan fingerprint density at radius 2 is 2.19 bits per heavy atom. The summed E-state index contributed by atoms with van der Waals surface area (Å²) in [5.74, 6) is 0.503. The van der Waals surface area contributed by atoms with E-state index in [1.54, 1.807) is 37.1 Å². The molecule has 0 aliphatic rings. The van der Waals surface area contributed by atoms with Crippen LogP contribution in [0.2, 0.25) is 0 Å². The van der Waals surface area contributed by atoms with Crippen LogP contribution in [0, 0.1) is 17.0 Å². The van der Waals surface area contributed by atoms with Gasteiger partial charge in [-0.1, -0.05) is 12.1 Å². The summed E-state index contributed by atoms with van der Waals surface area (Å²) in [5, 5.41) is 14.9. The molecule has 0 spiro atoms. The first-order valence-corrected chi connectivity index (χ1v) is 4.69. The van der Waals surface area contributed by atoms with Crippen LogP contribution in [0.5, 0.6) is 0 Å². The van der Waals surface area contributed by atoms with Gasteiger partial charge in [0.05, 0.1) is 4.92 Å². The third-order valence-corrected chi connectivity index (χ3v) is 2.34. The molecule has 0 aliphatic carbocycles. The molecular weight excluding hydrogens is 208 g/mol.